The van der Waals surface area contributed by atoms with Crippen molar-refractivity contribution in [1.82, 2.24) is 19.5 Å². The molecule has 2 aromatic heterocycles. The molecule has 1 aliphatic heterocycles. The number of nitrogen functional groups attached to an aromatic ring is 1. The van der Waals surface area contributed by atoms with E-state index >= 15 is 0 Å². The predicted octanol–water partition coefficient (Wildman–Crippen LogP) is -2.58. The highest BCUT2D eigenvalue weighted by Crippen LogP contribution is 2.60. The molecule has 218 valence electrons. The lowest BCUT2D eigenvalue weighted by atomic mass is 10.1. The molecule has 27 heteroatoms. The molecule has 3 rings (SSSR count). The van der Waals surface area contributed by atoms with Gasteiger partial charge in [0.15, 0.2) is 24.5 Å². The number of nitrogens with zero attached hydrogens (tertiary/aromatic N) is 4. The molecule has 6 atom stereocenters. The Hall–Kier alpha value is -1.29. The van der Waals surface area contributed by atoms with Gasteiger partial charge in [0.2, 0.25) is 0 Å². The third kappa shape index (κ3) is 9.72. The molecular weight excluding hydrogens is 614 g/mol. The van der Waals surface area contributed by atoms with Gasteiger partial charge in [-0.25, -0.2) is 33.2 Å². The number of aliphatic hydroxyl groups is 3. The smallest absolute Gasteiger partial charge is 0.394 e. The summed E-state index contributed by atoms with van der Waals surface area (Å²) in [6.07, 6.45) is -1.42. The number of fused-ring (bicyclic) bond motifs is 1. The molecule has 1 saturated heterocycles. The summed E-state index contributed by atoms with van der Waals surface area (Å²) in [7, 11) is -21.4. The minimum absolute atomic E-state index is 0.218. The number of ether oxygens (including phenoxy) is 1. The fraction of sp³-hybridized carbons (Fsp3) is 0.545. The summed E-state index contributed by atoms with van der Waals surface area (Å²) in [5, 5.41) is 28.7. The van der Waals surface area contributed by atoms with E-state index in [2.05, 4.69) is 32.6 Å². The molecule has 2 unspecified atom stereocenters. The molecule has 0 aliphatic carbocycles. The molecule has 0 bridgehead atoms. The van der Waals surface area contributed by atoms with Crippen LogP contribution in [0.25, 0.3) is 11.2 Å². The minimum atomic E-state index is -5.38. The monoisotopic (exact) mass is 635 g/mol. The molecule has 1 fully saturated rings. The summed E-state index contributed by atoms with van der Waals surface area (Å²) in [4.78, 5) is 61.9. The zero-order valence-corrected chi connectivity index (χ0v) is 21.8. The van der Waals surface area contributed by atoms with E-state index in [0.29, 0.717) is 11.2 Å². The fourth-order valence-electron chi connectivity index (χ4n) is 2.64. The Morgan fingerprint density at radius 3 is 1.87 bits per heavy atom. The van der Waals surface area contributed by atoms with Crippen LogP contribution in [0.2, 0.25) is 0 Å². The number of phosphoric acid groups is 4. The van der Waals surface area contributed by atoms with E-state index in [9.17, 15) is 28.5 Å². The molecule has 1 aliphatic rings. The largest absolute Gasteiger partial charge is 0.483 e. The average Bonchev–Trinajstić information content (AvgIpc) is 3.27. The van der Waals surface area contributed by atoms with E-state index in [4.69, 9.17) is 44.9 Å². The van der Waals surface area contributed by atoms with Gasteiger partial charge in [-0.05, 0) is 0 Å². The standard InChI is InChI=1S/C10H13N5O4.CH8O14P4/c11-8-5-9(13-2-12-8)15(3-14-5)10-7(18)6(17)4(1-16)19-10;2-16(3,4)14-18(8,9)12-1-13-19(10,11)15-17(5,6)7/h2-4,6-7,10,16-18H,1H2,(H2,11,12,13);1H2,(H,8,9)(H,10,11)(H2,2,3,4)(H2,5,6,7)/t4-,6-,7-,10-;/m1./s1. The Morgan fingerprint density at radius 1 is 0.895 bits per heavy atom. The van der Waals surface area contributed by atoms with Crippen LogP contribution < -0.4 is 5.73 Å². The lowest BCUT2D eigenvalue weighted by Gasteiger charge is -2.16. The molecular formula is C11H21N5O18P4. The molecule has 2 aromatic rings. The van der Waals surface area contributed by atoms with Gasteiger partial charge in [0.05, 0.1) is 12.9 Å². The molecule has 38 heavy (non-hydrogen) atoms. The second-order valence-corrected chi connectivity index (χ2v) is 12.4. The van der Waals surface area contributed by atoms with Crippen molar-refractivity contribution in [2.45, 2.75) is 24.5 Å². The Bertz CT molecular complexity index is 1250. The molecule has 0 spiro atoms. The number of aliphatic hydroxyl groups excluding tert-OH is 3. The van der Waals surface area contributed by atoms with Gasteiger partial charge >= 0.3 is 31.3 Å². The molecule has 0 amide bonds. The lowest BCUT2D eigenvalue weighted by molar-refractivity contribution is -0.0511. The molecule has 11 N–H and O–H groups in total. The molecule has 3 heterocycles. The topological polar surface area (TPSA) is 366 Å². The Kier molecular flexibility index (Phi) is 10.8. The molecule has 0 radical (unpaired) electrons. The lowest BCUT2D eigenvalue weighted by Crippen LogP contribution is -2.33. The van der Waals surface area contributed by atoms with Crippen LogP contribution >= 0.6 is 31.3 Å². The summed E-state index contributed by atoms with van der Waals surface area (Å²) in [6, 6.07) is 0. The second kappa shape index (κ2) is 12.5. The number of hydrogen-bond donors (Lipinski definition) is 10. The Balaban J connectivity index is 0.000000267. The van der Waals surface area contributed by atoms with Gasteiger partial charge in [0.25, 0.3) is 0 Å². The normalized spacial score (nSPS) is 25.4. The first-order chi connectivity index (χ1) is 17.3. The van der Waals surface area contributed by atoms with E-state index in [0.717, 1.165) is 0 Å². The molecule has 23 nitrogen and oxygen atoms in total. The second-order valence-electron chi connectivity index (χ2n) is 6.77. The van der Waals surface area contributed by atoms with E-state index < -0.39 is 69.2 Å². The van der Waals surface area contributed by atoms with E-state index in [1.54, 1.807) is 0 Å². The van der Waals surface area contributed by atoms with Crippen LogP contribution in [0.15, 0.2) is 12.7 Å². The minimum Gasteiger partial charge on any atom is -0.394 e. The average molecular weight is 635 g/mol. The van der Waals surface area contributed by atoms with Crippen molar-refractivity contribution in [3.8, 4) is 0 Å². The summed E-state index contributed by atoms with van der Waals surface area (Å²) in [5.74, 6) is 0.218. The number of hydrogen-bond acceptors (Lipinski definition) is 16. The molecule has 0 saturated carbocycles. The zero-order chi connectivity index (χ0) is 29.1. The van der Waals surface area contributed by atoms with Crippen molar-refractivity contribution in [2.24, 2.45) is 0 Å². The highest BCUT2D eigenvalue weighted by molar-refractivity contribution is 7.61. The summed E-state index contributed by atoms with van der Waals surface area (Å²) in [5.41, 5.74) is 6.44. The van der Waals surface area contributed by atoms with Crippen LogP contribution in [0, 0.1) is 0 Å². The third-order valence-corrected chi connectivity index (χ3v) is 8.25. The van der Waals surface area contributed by atoms with Crippen molar-refractivity contribution >= 4 is 48.3 Å². The van der Waals surface area contributed by atoms with Gasteiger partial charge in [-0.1, -0.05) is 0 Å². The van der Waals surface area contributed by atoms with Gasteiger partial charge < -0.3 is 55.2 Å². The van der Waals surface area contributed by atoms with Gasteiger partial charge in [-0.3, -0.25) is 13.6 Å². The first-order valence-electron chi connectivity index (χ1n) is 9.29. The van der Waals surface area contributed by atoms with Gasteiger partial charge in [0.1, 0.15) is 30.2 Å². The van der Waals surface area contributed by atoms with Crippen molar-refractivity contribution in [3.05, 3.63) is 12.7 Å². The number of phosphoric ester groups is 2. The van der Waals surface area contributed by atoms with Crippen LogP contribution in [-0.4, -0.2) is 95.9 Å². The van der Waals surface area contributed by atoms with E-state index in [-0.39, 0.29) is 5.82 Å². The maximum Gasteiger partial charge on any atom is 0.483 e. The van der Waals surface area contributed by atoms with Crippen LogP contribution in [0.1, 0.15) is 6.23 Å². The maximum absolute atomic E-state index is 10.8. The number of imidazole rings is 1. The maximum atomic E-state index is 10.8. The predicted molar refractivity (Wildman–Crippen MR) is 116 cm³/mol. The van der Waals surface area contributed by atoms with Crippen LogP contribution in [0.4, 0.5) is 5.82 Å². The first kappa shape index (κ1) is 32.9. The molecule has 0 aromatic carbocycles. The number of anilines is 1. The van der Waals surface area contributed by atoms with Crippen LogP contribution in [0.5, 0.6) is 0 Å². The van der Waals surface area contributed by atoms with Crippen molar-refractivity contribution in [3.63, 3.8) is 0 Å². The first-order valence-corrected chi connectivity index (χ1v) is 15.3. The third-order valence-electron chi connectivity index (χ3n) is 4.03. The van der Waals surface area contributed by atoms with Gasteiger partial charge in [-0.2, -0.15) is 8.62 Å². The van der Waals surface area contributed by atoms with Crippen molar-refractivity contribution in [2.75, 3.05) is 19.1 Å². The zero-order valence-electron chi connectivity index (χ0n) is 18.2. The van der Waals surface area contributed by atoms with E-state index in [1.165, 1.54) is 17.2 Å². The highest BCUT2D eigenvalue weighted by atomic mass is 31.3. The number of aromatic nitrogens is 4. The van der Waals surface area contributed by atoms with Crippen LogP contribution in [0.3, 0.4) is 0 Å². The fourth-order valence-corrected chi connectivity index (χ4v) is 5.62. The van der Waals surface area contributed by atoms with Crippen molar-refractivity contribution < 1.29 is 85.3 Å². The Morgan fingerprint density at radius 2 is 1.42 bits per heavy atom. The number of nitrogens with two attached hydrogens (primary N) is 1. The summed E-state index contributed by atoms with van der Waals surface area (Å²) >= 11 is 0. The Labute approximate surface area is 210 Å². The van der Waals surface area contributed by atoms with Crippen LogP contribution in [-0.2, 0) is 40.7 Å². The summed E-state index contributed by atoms with van der Waals surface area (Å²) < 4.78 is 62.6. The number of rotatable bonds is 10. The van der Waals surface area contributed by atoms with E-state index in [1.807, 2.05) is 0 Å². The van der Waals surface area contributed by atoms with Gasteiger partial charge in [-0.15, -0.1) is 0 Å². The summed E-state index contributed by atoms with van der Waals surface area (Å²) in [6.45, 7) is -1.99. The highest BCUT2D eigenvalue weighted by Gasteiger charge is 2.44. The van der Waals surface area contributed by atoms with Gasteiger partial charge in [0, 0.05) is 0 Å². The SMILES string of the molecule is Nc1ncnc2c1ncn2[C@@H]1O[C@H](CO)[C@@H](O)[C@H]1O.O=P(O)(O)OP(=O)(O)OCOP(=O)(O)OP(=O)(O)O. The van der Waals surface area contributed by atoms with Crippen molar-refractivity contribution in [1.29, 1.82) is 0 Å². The quantitative estimate of drug-likeness (QED) is 0.0945.